The van der Waals surface area contributed by atoms with Gasteiger partial charge in [-0.2, -0.15) is 0 Å². The Balaban J connectivity index is 1.51. The summed E-state index contributed by atoms with van der Waals surface area (Å²) in [7, 11) is 0. The fourth-order valence-electron chi connectivity index (χ4n) is 2.04. The second-order valence-corrected chi connectivity index (χ2v) is 6.76. The largest absolute Gasteiger partial charge is 0.392 e. The maximum absolute atomic E-state index is 9.76. The van der Waals surface area contributed by atoms with Crippen LogP contribution in [0.25, 0.3) is 10.4 Å². The molecule has 0 spiro atoms. The first-order chi connectivity index (χ1) is 8.83. The van der Waals surface area contributed by atoms with E-state index in [2.05, 4.69) is 34.3 Å². The lowest BCUT2D eigenvalue weighted by Gasteiger charge is -2.09. The van der Waals surface area contributed by atoms with Crippen LogP contribution >= 0.6 is 22.7 Å². The highest BCUT2D eigenvalue weighted by molar-refractivity contribution is 7.14. The first-order valence-corrected chi connectivity index (χ1v) is 8.09. The van der Waals surface area contributed by atoms with E-state index in [1.807, 2.05) is 0 Å². The molecule has 18 heavy (non-hydrogen) atoms. The molecule has 1 aliphatic carbocycles. The Bertz CT molecular complexity index is 488. The number of thiophene rings is 2. The van der Waals surface area contributed by atoms with Crippen LogP contribution in [0.4, 0.5) is 0 Å². The van der Waals surface area contributed by atoms with Gasteiger partial charge in [-0.05, 0) is 41.7 Å². The lowest BCUT2D eigenvalue weighted by molar-refractivity contribution is 0.148. The molecule has 1 fully saturated rings. The number of nitrogens with one attached hydrogen (secondary N) is 1. The summed E-state index contributed by atoms with van der Waals surface area (Å²) in [5, 5.41) is 17.4. The summed E-state index contributed by atoms with van der Waals surface area (Å²) in [5.41, 5.74) is 1.31. The SMILES string of the molecule is OC(CNCc1cc(-c2cccs2)cs1)C1CC1. The molecule has 1 saturated carbocycles. The van der Waals surface area contributed by atoms with E-state index in [-0.39, 0.29) is 6.10 Å². The third-order valence-corrected chi connectivity index (χ3v) is 5.13. The van der Waals surface area contributed by atoms with Crippen LogP contribution in [0.3, 0.4) is 0 Å². The molecule has 3 rings (SSSR count). The van der Waals surface area contributed by atoms with E-state index in [9.17, 15) is 5.11 Å². The predicted molar refractivity (Wildman–Crippen MR) is 78.1 cm³/mol. The minimum absolute atomic E-state index is 0.151. The molecule has 96 valence electrons. The summed E-state index contributed by atoms with van der Waals surface area (Å²) in [5.74, 6) is 0.558. The second kappa shape index (κ2) is 5.53. The number of hydrogen-bond acceptors (Lipinski definition) is 4. The minimum atomic E-state index is -0.151. The highest BCUT2D eigenvalue weighted by atomic mass is 32.1. The lowest BCUT2D eigenvalue weighted by atomic mass is 10.2. The van der Waals surface area contributed by atoms with Crippen molar-refractivity contribution in [2.75, 3.05) is 6.54 Å². The molecular weight excluding hydrogens is 262 g/mol. The molecule has 1 unspecified atom stereocenters. The fourth-order valence-corrected chi connectivity index (χ4v) is 3.68. The van der Waals surface area contributed by atoms with Gasteiger partial charge in [-0.3, -0.25) is 0 Å². The summed E-state index contributed by atoms with van der Waals surface area (Å²) >= 11 is 3.56. The monoisotopic (exact) mass is 279 g/mol. The van der Waals surface area contributed by atoms with Crippen molar-refractivity contribution < 1.29 is 5.11 Å². The van der Waals surface area contributed by atoms with E-state index < -0.39 is 0 Å². The molecule has 0 radical (unpaired) electrons. The molecular formula is C14H17NOS2. The summed E-state index contributed by atoms with van der Waals surface area (Å²) in [6.07, 6.45) is 2.25. The van der Waals surface area contributed by atoms with Gasteiger partial charge >= 0.3 is 0 Å². The van der Waals surface area contributed by atoms with Crippen molar-refractivity contribution in [1.29, 1.82) is 0 Å². The smallest absolute Gasteiger partial charge is 0.0692 e. The molecule has 4 heteroatoms. The van der Waals surface area contributed by atoms with Crippen LogP contribution in [0.1, 0.15) is 17.7 Å². The maximum atomic E-state index is 9.76. The molecule has 0 amide bonds. The molecule has 2 heterocycles. The van der Waals surface area contributed by atoms with E-state index >= 15 is 0 Å². The Morgan fingerprint density at radius 2 is 2.28 bits per heavy atom. The van der Waals surface area contributed by atoms with Crippen LogP contribution in [-0.4, -0.2) is 17.8 Å². The fraction of sp³-hybridized carbons (Fsp3) is 0.429. The standard InChI is InChI=1S/C14H17NOS2/c16-13(10-3-4-10)8-15-7-12-6-11(9-18-12)14-2-1-5-17-14/h1-2,5-6,9-10,13,15-16H,3-4,7-8H2. The van der Waals surface area contributed by atoms with Crippen LogP contribution in [0.2, 0.25) is 0 Å². The van der Waals surface area contributed by atoms with Crippen molar-refractivity contribution >= 4 is 22.7 Å². The summed E-state index contributed by atoms with van der Waals surface area (Å²) in [6, 6.07) is 6.48. The molecule has 1 aliphatic rings. The van der Waals surface area contributed by atoms with Crippen molar-refractivity contribution in [3.63, 3.8) is 0 Å². The Hall–Kier alpha value is -0.680. The van der Waals surface area contributed by atoms with Gasteiger partial charge in [-0.25, -0.2) is 0 Å². The highest BCUT2D eigenvalue weighted by Crippen LogP contribution is 2.32. The van der Waals surface area contributed by atoms with Crippen molar-refractivity contribution in [1.82, 2.24) is 5.32 Å². The van der Waals surface area contributed by atoms with E-state index in [1.54, 1.807) is 22.7 Å². The van der Waals surface area contributed by atoms with Crippen molar-refractivity contribution in [3.8, 4) is 10.4 Å². The van der Waals surface area contributed by atoms with E-state index in [4.69, 9.17) is 0 Å². The zero-order valence-electron chi connectivity index (χ0n) is 10.1. The van der Waals surface area contributed by atoms with Gasteiger partial charge in [-0.1, -0.05) is 6.07 Å². The highest BCUT2D eigenvalue weighted by Gasteiger charge is 2.29. The number of aliphatic hydroxyl groups is 1. The Kier molecular flexibility index (Phi) is 3.80. The molecule has 0 bridgehead atoms. The van der Waals surface area contributed by atoms with Gasteiger partial charge in [0.2, 0.25) is 0 Å². The number of rotatable bonds is 6. The zero-order valence-corrected chi connectivity index (χ0v) is 11.8. The van der Waals surface area contributed by atoms with Crippen LogP contribution < -0.4 is 5.32 Å². The van der Waals surface area contributed by atoms with Crippen molar-refractivity contribution in [2.45, 2.75) is 25.5 Å². The molecule has 2 nitrogen and oxygen atoms in total. The lowest BCUT2D eigenvalue weighted by Crippen LogP contribution is -2.27. The van der Waals surface area contributed by atoms with Gasteiger partial charge in [0.15, 0.2) is 0 Å². The first kappa shape index (κ1) is 12.4. The molecule has 2 aromatic rings. The quantitative estimate of drug-likeness (QED) is 0.850. The first-order valence-electron chi connectivity index (χ1n) is 6.33. The van der Waals surface area contributed by atoms with E-state index in [0.29, 0.717) is 5.92 Å². The average Bonchev–Trinajstić information content (AvgIpc) is 2.90. The van der Waals surface area contributed by atoms with Crippen molar-refractivity contribution in [2.24, 2.45) is 5.92 Å². The molecule has 0 aromatic carbocycles. The summed E-state index contributed by atoms with van der Waals surface area (Å²) < 4.78 is 0. The van der Waals surface area contributed by atoms with Crippen LogP contribution in [0, 0.1) is 5.92 Å². The summed E-state index contributed by atoms with van der Waals surface area (Å²) in [4.78, 5) is 2.66. The van der Waals surface area contributed by atoms with Crippen LogP contribution in [0.15, 0.2) is 29.0 Å². The summed E-state index contributed by atoms with van der Waals surface area (Å²) in [6.45, 7) is 1.58. The minimum Gasteiger partial charge on any atom is -0.392 e. The van der Waals surface area contributed by atoms with E-state index in [0.717, 1.165) is 13.1 Å². The molecule has 0 saturated heterocycles. The third-order valence-electron chi connectivity index (χ3n) is 3.28. The maximum Gasteiger partial charge on any atom is 0.0692 e. The molecule has 0 aliphatic heterocycles. The second-order valence-electron chi connectivity index (χ2n) is 4.81. The molecule has 1 atom stereocenters. The van der Waals surface area contributed by atoms with Gasteiger partial charge in [-0.15, -0.1) is 22.7 Å². The predicted octanol–water partition coefficient (Wildman–Crippen LogP) is 3.34. The average molecular weight is 279 g/mol. The number of aliphatic hydroxyl groups excluding tert-OH is 1. The van der Waals surface area contributed by atoms with Crippen LogP contribution in [0.5, 0.6) is 0 Å². The Morgan fingerprint density at radius 3 is 3.00 bits per heavy atom. The third kappa shape index (κ3) is 3.01. The normalized spacial score (nSPS) is 16.9. The van der Waals surface area contributed by atoms with E-state index in [1.165, 1.54) is 28.2 Å². The molecule has 2 aromatic heterocycles. The van der Waals surface area contributed by atoms with Gasteiger partial charge in [0.1, 0.15) is 0 Å². The van der Waals surface area contributed by atoms with Gasteiger partial charge in [0, 0.05) is 28.4 Å². The van der Waals surface area contributed by atoms with Crippen molar-refractivity contribution in [3.05, 3.63) is 33.8 Å². The van der Waals surface area contributed by atoms with Crippen LogP contribution in [-0.2, 0) is 6.54 Å². The van der Waals surface area contributed by atoms with Gasteiger partial charge in [0.25, 0.3) is 0 Å². The Morgan fingerprint density at radius 1 is 1.39 bits per heavy atom. The molecule has 2 N–H and O–H groups in total. The number of hydrogen-bond donors (Lipinski definition) is 2. The zero-order chi connectivity index (χ0) is 12.4. The van der Waals surface area contributed by atoms with Gasteiger partial charge < -0.3 is 10.4 Å². The topological polar surface area (TPSA) is 32.3 Å². The van der Waals surface area contributed by atoms with Gasteiger partial charge in [0.05, 0.1) is 6.10 Å². The Labute approximate surface area is 115 Å².